The summed E-state index contributed by atoms with van der Waals surface area (Å²) in [6.45, 7) is 8.26. The van der Waals surface area contributed by atoms with Gasteiger partial charge in [-0.2, -0.15) is 0 Å². The number of hydrogen-bond acceptors (Lipinski definition) is 2. The van der Waals surface area contributed by atoms with Gasteiger partial charge in [0.15, 0.2) is 0 Å². The molecule has 1 N–H and O–H groups in total. The molecule has 1 saturated carbocycles. The number of nitrogens with zero attached hydrogens (tertiary/aromatic N) is 1. The Bertz CT molecular complexity index is 213. The third-order valence-electron chi connectivity index (χ3n) is 5.13. The molecule has 108 valence electrons. The van der Waals surface area contributed by atoms with E-state index in [0.29, 0.717) is 0 Å². The van der Waals surface area contributed by atoms with Gasteiger partial charge in [-0.3, -0.25) is 0 Å². The minimum absolute atomic E-state index is 0.740. The Morgan fingerprint density at radius 3 is 2.33 bits per heavy atom. The van der Waals surface area contributed by atoms with Crippen LogP contribution in [-0.4, -0.2) is 37.6 Å². The molecule has 3 atom stereocenters. The molecule has 3 unspecified atom stereocenters. The zero-order chi connectivity index (χ0) is 13.5. The minimum atomic E-state index is 0.740. The van der Waals surface area contributed by atoms with E-state index in [9.17, 15) is 0 Å². The second-order valence-electron chi connectivity index (χ2n) is 6.15. The van der Waals surface area contributed by atoms with Crippen molar-refractivity contribution < 1.29 is 0 Å². The summed E-state index contributed by atoms with van der Waals surface area (Å²) in [5, 5.41) is 3.55. The standard InChI is InChI=1S/C16H34N2/c1-6-13-9-10-16(17-4)14(11-13)12-18(5)15(7-2)8-3/h13-17H,6-12H2,1-5H3. The van der Waals surface area contributed by atoms with Crippen LogP contribution in [0.5, 0.6) is 0 Å². The zero-order valence-corrected chi connectivity index (χ0v) is 13.2. The highest BCUT2D eigenvalue weighted by Gasteiger charge is 2.30. The molecule has 0 bridgehead atoms. The molecule has 0 saturated heterocycles. The van der Waals surface area contributed by atoms with E-state index < -0.39 is 0 Å². The lowest BCUT2D eigenvalue weighted by atomic mass is 9.76. The molecule has 1 rings (SSSR count). The molecule has 0 radical (unpaired) electrons. The zero-order valence-electron chi connectivity index (χ0n) is 13.2. The summed E-state index contributed by atoms with van der Waals surface area (Å²) in [7, 11) is 4.46. The highest BCUT2D eigenvalue weighted by molar-refractivity contribution is 4.86. The summed E-state index contributed by atoms with van der Waals surface area (Å²) < 4.78 is 0. The minimum Gasteiger partial charge on any atom is -0.317 e. The Kier molecular flexibility index (Phi) is 7.25. The number of hydrogen-bond donors (Lipinski definition) is 1. The predicted molar refractivity (Wildman–Crippen MR) is 81.0 cm³/mol. The van der Waals surface area contributed by atoms with Crippen molar-refractivity contribution in [2.75, 3.05) is 20.6 Å². The van der Waals surface area contributed by atoms with Gasteiger partial charge in [-0.15, -0.1) is 0 Å². The summed E-state index contributed by atoms with van der Waals surface area (Å²) in [5.74, 6) is 1.81. The smallest absolute Gasteiger partial charge is 0.0105 e. The molecular formula is C16H34N2. The Morgan fingerprint density at radius 1 is 1.17 bits per heavy atom. The van der Waals surface area contributed by atoms with Gasteiger partial charge in [-0.05, 0) is 58.0 Å². The molecule has 0 spiro atoms. The van der Waals surface area contributed by atoms with Crippen LogP contribution in [0.15, 0.2) is 0 Å². The van der Waals surface area contributed by atoms with Crippen molar-refractivity contribution >= 4 is 0 Å². The third kappa shape index (κ3) is 4.24. The van der Waals surface area contributed by atoms with Gasteiger partial charge in [-0.25, -0.2) is 0 Å². The van der Waals surface area contributed by atoms with Crippen molar-refractivity contribution in [3.8, 4) is 0 Å². The Balaban J connectivity index is 2.54. The summed E-state index contributed by atoms with van der Waals surface area (Å²) in [6, 6.07) is 1.51. The quantitative estimate of drug-likeness (QED) is 0.748. The van der Waals surface area contributed by atoms with Gasteiger partial charge in [0.1, 0.15) is 0 Å². The Hall–Kier alpha value is -0.0800. The van der Waals surface area contributed by atoms with Crippen molar-refractivity contribution in [2.24, 2.45) is 11.8 Å². The normalized spacial score (nSPS) is 29.2. The highest BCUT2D eigenvalue weighted by atomic mass is 15.1. The van der Waals surface area contributed by atoms with Crippen LogP contribution in [0.4, 0.5) is 0 Å². The lowest BCUT2D eigenvalue weighted by molar-refractivity contribution is 0.127. The molecule has 1 fully saturated rings. The molecular weight excluding hydrogens is 220 g/mol. The molecule has 0 aliphatic heterocycles. The van der Waals surface area contributed by atoms with E-state index in [4.69, 9.17) is 0 Å². The van der Waals surface area contributed by atoms with E-state index in [-0.39, 0.29) is 0 Å². The largest absolute Gasteiger partial charge is 0.317 e. The average molecular weight is 254 g/mol. The predicted octanol–water partition coefficient (Wildman–Crippen LogP) is 3.52. The van der Waals surface area contributed by atoms with Crippen LogP contribution in [0.1, 0.15) is 59.3 Å². The van der Waals surface area contributed by atoms with Crippen molar-refractivity contribution in [2.45, 2.75) is 71.4 Å². The van der Waals surface area contributed by atoms with E-state index in [1.54, 1.807) is 0 Å². The summed E-state index contributed by atoms with van der Waals surface area (Å²) in [5.41, 5.74) is 0. The molecule has 0 aromatic heterocycles. The fourth-order valence-corrected chi connectivity index (χ4v) is 3.74. The van der Waals surface area contributed by atoms with Gasteiger partial charge in [0.05, 0.1) is 0 Å². The highest BCUT2D eigenvalue weighted by Crippen LogP contribution is 2.32. The fourth-order valence-electron chi connectivity index (χ4n) is 3.74. The monoisotopic (exact) mass is 254 g/mol. The van der Waals surface area contributed by atoms with Crippen molar-refractivity contribution in [1.29, 1.82) is 0 Å². The molecule has 1 aliphatic carbocycles. The van der Waals surface area contributed by atoms with E-state index in [1.807, 2.05) is 0 Å². The lowest BCUT2D eigenvalue weighted by Gasteiger charge is -2.39. The van der Waals surface area contributed by atoms with E-state index >= 15 is 0 Å². The van der Waals surface area contributed by atoms with Crippen LogP contribution < -0.4 is 5.32 Å². The van der Waals surface area contributed by atoms with E-state index in [2.05, 4.69) is 45.1 Å². The van der Waals surface area contributed by atoms with Gasteiger partial charge in [0.25, 0.3) is 0 Å². The summed E-state index contributed by atoms with van der Waals surface area (Å²) in [6.07, 6.45) is 8.14. The van der Waals surface area contributed by atoms with Gasteiger partial charge in [0.2, 0.25) is 0 Å². The van der Waals surface area contributed by atoms with Crippen molar-refractivity contribution in [3.05, 3.63) is 0 Å². The first-order valence-electron chi connectivity index (χ1n) is 8.03. The molecule has 1 aliphatic rings. The number of rotatable bonds is 7. The first kappa shape index (κ1) is 16.0. The van der Waals surface area contributed by atoms with Crippen LogP contribution in [0.3, 0.4) is 0 Å². The average Bonchev–Trinajstić information content (AvgIpc) is 2.40. The molecule has 0 amide bonds. The first-order chi connectivity index (χ1) is 8.65. The van der Waals surface area contributed by atoms with Crippen LogP contribution >= 0.6 is 0 Å². The van der Waals surface area contributed by atoms with Gasteiger partial charge in [-0.1, -0.05) is 27.2 Å². The van der Waals surface area contributed by atoms with Crippen LogP contribution in [0.2, 0.25) is 0 Å². The maximum Gasteiger partial charge on any atom is 0.0105 e. The molecule has 0 aromatic rings. The SMILES string of the molecule is CCC1CCC(NC)C(CN(C)C(CC)CC)C1. The van der Waals surface area contributed by atoms with Crippen molar-refractivity contribution in [1.82, 2.24) is 10.2 Å². The summed E-state index contributed by atoms with van der Waals surface area (Å²) in [4.78, 5) is 2.60. The lowest BCUT2D eigenvalue weighted by Crippen LogP contribution is -2.45. The van der Waals surface area contributed by atoms with Crippen LogP contribution in [0.25, 0.3) is 0 Å². The number of nitrogens with one attached hydrogen (secondary N) is 1. The van der Waals surface area contributed by atoms with Gasteiger partial charge in [0, 0.05) is 18.6 Å². The molecule has 0 aromatic carbocycles. The second kappa shape index (κ2) is 8.16. The molecule has 2 heteroatoms. The summed E-state index contributed by atoms with van der Waals surface area (Å²) >= 11 is 0. The maximum absolute atomic E-state index is 3.55. The molecule has 2 nitrogen and oxygen atoms in total. The second-order valence-corrected chi connectivity index (χ2v) is 6.15. The van der Waals surface area contributed by atoms with Gasteiger partial charge >= 0.3 is 0 Å². The van der Waals surface area contributed by atoms with Crippen molar-refractivity contribution in [3.63, 3.8) is 0 Å². The molecule has 0 heterocycles. The fraction of sp³-hybridized carbons (Fsp3) is 1.00. The molecule has 18 heavy (non-hydrogen) atoms. The van der Waals surface area contributed by atoms with Crippen LogP contribution in [-0.2, 0) is 0 Å². The topological polar surface area (TPSA) is 15.3 Å². The first-order valence-corrected chi connectivity index (χ1v) is 8.03. The van der Waals surface area contributed by atoms with Gasteiger partial charge < -0.3 is 10.2 Å². The Morgan fingerprint density at radius 2 is 1.83 bits per heavy atom. The van der Waals surface area contributed by atoms with E-state index in [1.165, 1.54) is 45.1 Å². The maximum atomic E-state index is 3.55. The van der Waals surface area contributed by atoms with E-state index in [0.717, 1.165) is 23.9 Å². The van der Waals surface area contributed by atoms with Crippen LogP contribution in [0, 0.1) is 11.8 Å². The third-order valence-corrected chi connectivity index (χ3v) is 5.13. The Labute approximate surface area is 115 Å².